The molecule has 0 saturated carbocycles. The van der Waals surface area contributed by atoms with E-state index < -0.39 is 31.7 Å². The van der Waals surface area contributed by atoms with Gasteiger partial charge in [0.15, 0.2) is 0 Å². The van der Waals surface area contributed by atoms with E-state index in [-0.39, 0.29) is 53.1 Å². The first-order valence-electron chi connectivity index (χ1n) is 20.2. The maximum Gasteiger partial charge on any atom is 0.269 e. The first-order chi connectivity index (χ1) is 32.3. The molecular formula is C46H44N6O13S2. The number of hydrogen-bond donors (Lipinski definition) is 4. The predicted molar refractivity (Wildman–Crippen MR) is 248 cm³/mol. The minimum atomic E-state index is -4.19. The molecule has 0 aliphatic carbocycles. The molecule has 19 nitrogen and oxygen atoms in total. The number of anilines is 2. The number of ether oxygens (including phenoxy) is 2. The second-order valence-corrected chi connectivity index (χ2v) is 16.5. The predicted octanol–water partition coefficient (Wildman–Crippen LogP) is 9.07. The Labute approximate surface area is 389 Å². The van der Waals surface area contributed by atoms with Crippen LogP contribution in [0, 0.1) is 20.2 Å². The summed E-state index contributed by atoms with van der Waals surface area (Å²) >= 11 is 0.867. The van der Waals surface area contributed by atoms with Crippen molar-refractivity contribution < 1.29 is 51.4 Å². The Balaban J connectivity index is 0.000000256. The molecule has 6 aromatic rings. The van der Waals surface area contributed by atoms with Crippen LogP contribution in [0.25, 0.3) is 0 Å². The summed E-state index contributed by atoms with van der Waals surface area (Å²) in [4.78, 5) is 62.6. The van der Waals surface area contributed by atoms with E-state index in [0.717, 1.165) is 30.4 Å². The van der Waals surface area contributed by atoms with Crippen LogP contribution in [0.3, 0.4) is 0 Å². The Morgan fingerprint density at radius 3 is 1.64 bits per heavy atom. The van der Waals surface area contributed by atoms with E-state index in [1.54, 1.807) is 97.1 Å². The molecule has 0 aliphatic heterocycles. The smallest absolute Gasteiger partial charge is 0.269 e. The average molecular weight is 953 g/mol. The Bertz CT molecular complexity index is 2780. The van der Waals surface area contributed by atoms with Crippen LogP contribution in [0.15, 0.2) is 155 Å². The minimum absolute atomic E-state index is 0.0132. The highest BCUT2D eigenvalue weighted by atomic mass is 32.2. The van der Waals surface area contributed by atoms with Crippen molar-refractivity contribution in [2.45, 2.75) is 55.6 Å². The van der Waals surface area contributed by atoms with Gasteiger partial charge < -0.3 is 20.1 Å². The van der Waals surface area contributed by atoms with Crippen molar-refractivity contribution in [1.29, 1.82) is 0 Å². The molecule has 0 atom stereocenters. The fraction of sp³-hybridized carbons (Fsp3) is 0.152. The summed E-state index contributed by atoms with van der Waals surface area (Å²) < 4.78 is 43.7. The molecule has 0 saturated heterocycles. The van der Waals surface area contributed by atoms with Crippen LogP contribution >= 0.6 is 12.0 Å². The van der Waals surface area contributed by atoms with Crippen LogP contribution in [0.2, 0.25) is 0 Å². The molecule has 348 valence electrons. The highest BCUT2D eigenvalue weighted by Crippen LogP contribution is 2.29. The van der Waals surface area contributed by atoms with Gasteiger partial charge >= 0.3 is 0 Å². The standard InChI is InChI=1S/C26H27N3O7S.C20H17N3O6S/c1-2-3-4-12-25(30)28-37(34,35)24-11-6-5-10-23(24)27-26(31)20-8-7-9-22(17-20)36-18-19-13-15-21(16-14-19)29(32)33;21-28-29-30-19-7-2-1-6-18(19)22-20(24)15-4-3-5-17(12-15)27-13-14-8-10-16(11-9-14)23(25)26/h5-11,13-17H,2-4,12,18H2,1H3,(H,27,31)(H,28,30);1-12H,13,21H2,(H,22,24). The number of nitro groups is 2. The Morgan fingerprint density at radius 2 is 1.13 bits per heavy atom. The summed E-state index contributed by atoms with van der Waals surface area (Å²) in [6.07, 6.45) is 2.39. The zero-order chi connectivity index (χ0) is 48.2. The van der Waals surface area contributed by atoms with E-state index >= 15 is 0 Å². The summed E-state index contributed by atoms with van der Waals surface area (Å²) in [6.45, 7) is 2.31. The highest BCUT2D eigenvalue weighted by Gasteiger charge is 2.22. The molecule has 67 heavy (non-hydrogen) atoms. The second kappa shape index (κ2) is 25.1. The number of hydrogen-bond acceptors (Lipinski definition) is 15. The molecule has 0 aromatic heterocycles. The topological polar surface area (TPSA) is 271 Å². The minimum Gasteiger partial charge on any atom is -0.489 e. The van der Waals surface area contributed by atoms with Gasteiger partial charge in [-0.3, -0.25) is 34.6 Å². The number of para-hydroxylation sites is 2. The lowest BCUT2D eigenvalue weighted by Gasteiger charge is -2.13. The van der Waals surface area contributed by atoms with Crippen LogP contribution in [-0.2, 0) is 37.4 Å². The van der Waals surface area contributed by atoms with Crippen molar-refractivity contribution in [1.82, 2.24) is 4.72 Å². The highest BCUT2D eigenvalue weighted by molar-refractivity contribution is 7.94. The number of carbonyl (C=O) groups is 3. The van der Waals surface area contributed by atoms with Crippen molar-refractivity contribution in [3.05, 3.63) is 188 Å². The maximum absolute atomic E-state index is 12.9. The Hall–Kier alpha value is -7.69. The average Bonchev–Trinajstić information content (AvgIpc) is 3.33. The fourth-order valence-electron chi connectivity index (χ4n) is 5.90. The summed E-state index contributed by atoms with van der Waals surface area (Å²) in [5.41, 5.74) is 2.63. The third-order valence-electron chi connectivity index (χ3n) is 9.28. The van der Waals surface area contributed by atoms with Gasteiger partial charge in [0.1, 0.15) is 29.6 Å². The summed E-state index contributed by atoms with van der Waals surface area (Å²) in [5, 5.41) is 26.9. The number of nitrogens with one attached hydrogen (secondary N) is 3. The SMILES string of the molecule is CCCCCC(=O)NS(=O)(=O)c1ccccc1NC(=O)c1cccc(OCc2ccc([N+](=O)[O-])cc2)c1.NOOSc1ccccc1NC(=O)c1cccc(OCc2ccc([N+](=O)[O-])cc2)c1. The van der Waals surface area contributed by atoms with Crippen LogP contribution < -0.4 is 30.7 Å². The summed E-state index contributed by atoms with van der Waals surface area (Å²) in [6, 6.07) is 37.8. The molecule has 0 heterocycles. The molecule has 0 radical (unpaired) electrons. The number of nitrogens with two attached hydrogens (primary N) is 1. The molecule has 0 unspecified atom stereocenters. The summed E-state index contributed by atoms with van der Waals surface area (Å²) in [5.74, 6) is 4.21. The fourth-order valence-corrected chi connectivity index (χ4v) is 7.53. The zero-order valence-electron chi connectivity index (χ0n) is 35.7. The number of nitrogens with zero attached hydrogens (tertiary/aromatic N) is 2. The number of nitro benzene ring substituents is 2. The van der Waals surface area contributed by atoms with Crippen molar-refractivity contribution in [2.24, 2.45) is 5.90 Å². The molecule has 0 aliphatic rings. The van der Waals surface area contributed by atoms with Crippen LogP contribution in [0.1, 0.15) is 64.4 Å². The number of unbranched alkanes of at least 4 members (excludes halogenated alkanes) is 2. The zero-order valence-corrected chi connectivity index (χ0v) is 37.3. The number of amides is 3. The normalized spacial score (nSPS) is 10.7. The van der Waals surface area contributed by atoms with Crippen molar-refractivity contribution in [2.75, 3.05) is 10.6 Å². The Kier molecular flexibility index (Phi) is 18.9. The molecule has 6 aromatic carbocycles. The van der Waals surface area contributed by atoms with E-state index in [0.29, 0.717) is 39.6 Å². The second-order valence-electron chi connectivity index (χ2n) is 14.1. The summed E-state index contributed by atoms with van der Waals surface area (Å²) in [7, 11) is -4.19. The largest absolute Gasteiger partial charge is 0.489 e. The molecule has 6 rings (SSSR count). The quantitative estimate of drug-likeness (QED) is 0.0172. The molecule has 0 bridgehead atoms. The van der Waals surface area contributed by atoms with E-state index in [4.69, 9.17) is 15.4 Å². The van der Waals surface area contributed by atoms with Gasteiger partial charge in [0.25, 0.3) is 33.2 Å². The molecule has 5 N–H and O–H groups in total. The molecular weight excluding hydrogens is 909 g/mol. The Morgan fingerprint density at radius 1 is 0.642 bits per heavy atom. The van der Waals surface area contributed by atoms with E-state index in [9.17, 15) is 43.0 Å². The van der Waals surface area contributed by atoms with Crippen molar-refractivity contribution >= 4 is 62.5 Å². The lowest BCUT2D eigenvalue weighted by molar-refractivity contribution is -0.385. The lowest BCUT2D eigenvalue weighted by atomic mass is 10.2. The van der Waals surface area contributed by atoms with Gasteiger partial charge in [0.2, 0.25) is 5.91 Å². The van der Waals surface area contributed by atoms with Gasteiger partial charge in [-0.2, -0.15) is 5.90 Å². The molecule has 0 spiro atoms. The van der Waals surface area contributed by atoms with Gasteiger partial charge in [-0.1, -0.05) is 56.2 Å². The third-order valence-corrected chi connectivity index (χ3v) is 11.4. The monoisotopic (exact) mass is 952 g/mol. The van der Waals surface area contributed by atoms with E-state index in [1.165, 1.54) is 48.5 Å². The third kappa shape index (κ3) is 15.8. The number of sulfonamides is 1. The van der Waals surface area contributed by atoms with Crippen LogP contribution in [0.4, 0.5) is 22.7 Å². The molecule has 21 heteroatoms. The lowest BCUT2D eigenvalue weighted by Crippen LogP contribution is -2.31. The van der Waals surface area contributed by atoms with E-state index in [1.807, 2.05) is 6.92 Å². The maximum atomic E-state index is 12.9. The van der Waals surface area contributed by atoms with Gasteiger partial charge in [-0.25, -0.2) is 13.1 Å². The van der Waals surface area contributed by atoms with Gasteiger partial charge in [0.05, 0.1) is 38.2 Å². The van der Waals surface area contributed by atoms with Crippen molar-refractivity contribution in [3.63, 3.8) is 0 Å². The van der Waals surface area contributed by atoms with Crippen molar-refractivity contribution in [3.8, 4) is 11.5 Å². The number of carbonyl (C=O) groups excluding carboxylic acids is 3. The van der Waals surface area contributed by atoms with Crippen LogP contribution in [-0.4, -0.2) is 36.0 Å². The number of non-ortho nitro benzene ring substituents is 2. The van der Waals surface area contributed by atoms with Gasteiger partial charge in [-0.15, -0.1) is 9.32 Å². The number of rotatable bonds is 21. The van der Waals surface area contributed by atoms with E-state index in [2.05, 4.69) is 24.7 Å². The first kappa shape index (κ1) is 50.3. The number of benzene rings is 6. The van der Waals surface area contributed by atoms with Crippen LogP contribution in [0.5, 0.6) is 11.5 Å². The first-order valence-corrected chi connectivity index (χ1v) is 22.5. The van der Waals surface area contributed by atoms with Gasteiger partial charge in [0, 0.05) is 41.8 Å². The van der Waals surface area contributed by atoms with Gasteiger partial charge in [-0.05, 0) is 102 Å². The molecule has 3 amide bonds. The molecule has 0 fully saturated rings.